The molecule has 1 fully saturated rings. The van der Waals surface area contributed by atoms with Crippen LogP contribution in [0.3, 0.4) is 0 Å². The van der Waals surface area contributed by atoms with Gasteiger partial charge in [0.15, 0.2) is 5.11 Å². The van der Waals surface area contributed by atoms with Gasteiger partial charge in [-0.2, -0.15) is 0 Å². The van der Waals surface area contributed by atoms with Gasteiger partial charge in [0.25, 0.3) is 5.91 Å². The van der Waals surface area contributed by atoms with Crippen molar-refractivity contribution in [3.05, 3.63) is 26.9 Å². The number of thiophene rings is 1. The van der Waals surface area contributed by atoms with Crippen molar-refractivity contribution >= 4 is 56.6 Å². The summed E-state index contributed by atoms with van der Waals surface area (Å²) in [5.74, 6) is 1.05. The maximum absolute atomic E-state index is 11.8. The summed E-state index contributed by atoms with van der Waals surface area (Å²) in [5.41, 5.74) is 5.36. The maximum Gasteiger partial charge on any atom is 0.262 e. The van der Waals surface area contributed by atoms with E-state index in [0.29, 0.717) is 23.0 Å². The fraction of sp³-hybridized carbons (Fsp3) is 0.500. The van der Waals surface area contributed by atoms with Gasteiger partial charge in [0.05, 0.1) is 3.79 Å². The molecule has 0 saturated heterocycles. The van der Waals surface area contributed by atoms with Crippen LogP contribution in [0.15, 0.2) is 22.0 Å². The highest BCUT2D eigenvalue weighted by atomic mass is 79.9. The Balaban J connectivity index is 1.73. The Kier molecular flexibility index (Phi) is 7.05. The quantitative estimate of drug-likeness (QED) is 0.398. The first-order valence-electron chi connectivity index (χ1n) is 7.75. The summed E-state index contributed by atoms with van der Waals surface area (Å²) in [5, 5.41) is 3.78. The van der Waals surface area contributed by atoms with Gasteiger partial charge in [-0.05, 0) is 64.6 Å². The first kappa shape index (κ1) is 18.4. The third-order valence-corrected chi connectivity index (χ3v) is 6.12. The van der Waals surface area contributed by atoms with E-state index in [0.717, 1.165) is 15.1 Å². The number of carbonyl (C=O) groups excluding carboxylic acids is 1. The Labute approximate surface area is 155 Å². The smallest absolute Gasteiger partial charge is 0.262 e. The van der Waals surface area contributed by atoms with Crippen molar-refractivity contribution in [3.63, 3.8) is 0 Å². The summed E-state index contributed by atoms with van der Waals surface area (Å²) >= 11 is 10.2. The predicted octanol–water partition coefficient (Wildman–Crippen LogP) is 3.84. The zero-order valence-electron chi connectivity index (χ0n) is 13.3. The molecule has 1 aromatic rings. The number of amides is 1. The fourth-order valence-corrected chi connectivity index (χ4v) is 4.25. The number of halogens is 1. The number of nitrogens with one attached hydrogen (secondary N) is 3. The van der Waals surface area contributed by atoms with Crippen molar-refractivity contribution in [3.8, 4) is 0 Å². The Bertz CT molecular complexity index is 588. The van der Waals surface area contributed by atoms with Gasteiger partial charge in [-0.1, -0.05) is 26.7 Å². The van der Waals surface area contributed by atoms with E-state index >= 15 is 0 Å². The largest absolute Gasteiger partial charge is 0.358 e. The van der Waals surface area contributed by atoms with Gasteiger partial charge in [0, 0.05) is 17.0 Å². The molecule has 0 unspecified atom stereocenters. The number of carbonyl (C=O) groups is 1. The van der Waals surface area contributed by atoms with Crippen molar-refractivity contribution in [2.45, 2.75) is 39.2 Å². The molecule has 1 aromatic heterocycles. The number of hydrogen-bond donors (Lipinski definition) is 3. The normalized spacial score (nSPS) is 24.4. The van der Waals surface area contributed by atoms with Crippen molar-refractivity contribution in [1.82, 2.24) is 16.2 Å². The zero-order chi connectivity index (χ0) is 16.8. The van der Waals surface area contributed by atoms with Crippen LogP contribution >= 0.6 is 39.5 Å². The molecule has 0 spiro atoms. The lowest BCUT2D eigenvalue weighted by Gasteiger charge is -2.35. The molecule has 2 rings (SSSR count). The molecule has 126 valence electrons. The van der Waals surface area contributed by atoms with Crippen molar-refractivity contribution < 1.29 is 4.79 Å². The molecule has 1 aliphatic rings. The molecule has 0 bridgehead atoms. The molecule has 3 atom stereocenters. The Morgan fingerprint density at radius 3 is 2.83 bits per heavy atom. The molecular formula is C16H22BrN3OS2. The molecule has 7 heteroatoms. The SMILES string of the molecule is C[C@H]1[C@@H](NC(=S)NNC(=O)/C=C/c2ccc(Br)s2)CCC[C@@H]1C. The third kappa shape index (κ3) is 5.90. The lowest BCUT2D eigenvalue weighted by atomic mass is 9.78. The van der Waals surface area contributed by atoms with Crippen LogP contribution in [0, 0.1) is 11.8 Å². The van der Waals surface area contributed by atoms with E-state index in [4.69, 9.17) is 12.2 Å². The van der Waals surface area contributed by atoms with Crippen LogP contribution in [-0.2, 0) is 4.79 Å². The average Bonchev–Trinajstić information content (AvgIpc) is 2.93. The van der Waals surface area contributed by atoms with Crippen LogP contribution in [0.25, 0.3) is 6.08 Å². The second-order valence-corrected chi connectivity index (χ2v) is 8.84. The molecule has 1 aliphatic carbocycles. The molecule has 4 nitrogen and oxygen atoms in total. The van der Waals surface area contributed by atoms with E-state index in [1.165, 1.54) is 18.9 Å². The van der Waals surface area contributed by atoms with E-state index < -0.39 is 0 Å². The van der Waals surface area contributed by atoms with E-state index in [1.54, 1.807) is 17.4 Å². The second kappa shape index (κ2) is 8.80. The van der Waals surface area contributed by atoms with Crippen molar-refractivity contribution in [2.24, 2.45) is 11.8 Å². The molecule has 0 aliphatic heterocycles. The summed E-state index contributed by atoms with van der Waals surface area (Å²) < 4.78 is 1.04. The lowest BCUT2D eigenvalue weighted by Crippen LogP contribution is -2.52. The molecule has 0 radical (unpaired) electrons. The fourth-order valence-electron chi connectivity index (χ4n) is 2.73. The van der Waals surface area contributed by atoms with Crippen LogP contribution in [-0.4, -0.2) is 17.1 Å². The minimum Gasteiger partial charge on any atom is -0.358 e. The van der Waals surface area contributed by atoms with Gasteiger partial charge in [0.1, 0.15) is 0 Å². The van der Waals surface area contributed by atoms with Crippen LogP contribution in [0.2, 0.25) is 0 Å². The van der Waals surface area contributed by atoms with E-state index in [-0.39, 0.29) is 5.91 Å². The average molecular weight is 416 g/mol. The number of hydrazine groups is 1. The van der Waals surface area contributed by atoms with Crippen molar-refractivity contribution in [2.75, 3.05) is 0 Å². The van der Waals surface area contributed by atoms with Crippen molar-refractivity contribution in [1.29, 1.82) is 0 Å². The van der Waals surface area contributed by atoms with Crippen LogP contribution < -0.4 is 16.2 Å². The number of rotatable bonds is 3. The standard InChI is InChI=1S/C16H22BrN3OS2/c1-10-4-3-5-13(11(10)2)18-16(22)20-19-15(21)9-7-12-6-8-14(17)23-12/h6-11,13H,3-5H2,1-2H3,(H,19,21)(H2,18,20,22)/b9-7+/t10-,11+,13-/m0/s1. The van der Waals surface area contributed by atoms with Crippen LogP contribution in [0.1, 0.15) is 38.0 Å². The molecule has 23 heavy (non-hydrogen) atoms. The topological polar surface area (TPSA) is 53.2 Å². The van der Waals surface area contributed by atoms with Crippen LogP contribution in [0.5, 0.6) is 0 Å². The summed E-state index contributed by atoms with van der Waals surface area (Å²) in [4.78, 5) is 12.8. The van der Waals surface area contributed by atoms with E-state index in [1.807, 2.05) is 12.1 Å². The van der Waals surface area contributed by atoms with Gasteiger partial charge in [-0.25, -0.2) is 0 Å². The Morgan fingerprint density at radius 1 is 1.35 bits per heavy atom. The number of hydrogen-bond acceptors (Lipinski definition) is 3. The Morgan fingerprint density at radius 2 is 2.13 bits per heavy atom. The van der Waals surface area contributed by atoms with Gasteiger partial charge in [0.2, 0.25) is 0 Å². The predicted molar refractivity (Wildman–Crippen MR) is 104 cm³/mol. The minimum absolute atomic E-state index is 0.233. The summed E-state index contributed by atoms with van der Waals surface area (Å²) in [6.45, 7) is 4.54. The summed E-state index contributed by atoms with van der Waals surface area (Å²) in [7, 11) is 0. The first-order valence-corrected chi connectivity index (χ1v) is 9.77. The molecule has 1 amide bonds. The van der Waals surface area contributed by atoms with Crippen LogP contribution in [0.4, 0.5) is 0 Å². The van der Waals surface area contributed by atoms with Gasteiger partial charge in [-0.15, -0.1) is 11.3 Å². The maximum atomic E-state index is 11.8. The van der Waals surface area contributed by atoms with Gasteiger partial charge in [-0.3, -0.25) is 15.6 Å². The Hall–Kier alpha value is -0.920. The number of thiocarbonyl (C=S) groups is 1. The highest BCUT2D eigenvalue weighted by molar-refractivity contribution is 9.11. The van der Waals surface area contributed by atoms with Gasteiger partial charge < -0.3 is 5.32 Å². The lowest BCUT2D eigenvalue weighted by molar-refractivity contribution is -0.116. The monoisotopic (exact) mass is 415 g/mol. The molecule has 1 saturated carbocycles. The van der Waals surface area contributed by atoms with E-state index in [2.05, 4.69) is 45.9 Å². The zero-order valence-corrected chi connectivity index (χ0v) is 16.5. The van der Waals surface area contributed by atoms with E-state index in [9.17, 15) is 4.79 Å². The third-order valence-electron chi connectivity index (χ3n) is 4.32. The molecule has 0 aromatic carbocycles. The minimum atomic E-state index is -0.233. The first-order chi connectivity index (χ1) is 11.0. The molecular weight excluding hydrogens is 394 g/mol. The summed E-state index contributed by atoms with van der Waals surface area (Å²) in [6, 6.07) is 4.27. The van der Waals surface area contributed by atoms with Gasteiger partial charge >= 0.3 is 0 Å². The molecule has 3 N–H and O–H groups in total. The highest BCUT2D eigenvalue weighted by Crippen LogP contribution is 2.29. The summed E-state index contributed by atoms with van der Waals surface area (Å²) in [6.07, 6.45) is 6.87. The molecule has 1 heterocycles. The highest BCUT2D eigenvalue weighted by Gasteiger charge is 2.27. The second-order valence-electron chi connectivity index (χ2n) is 5.94.